The van der Waals surface area contributed by atoms with Gasteiger partial charge in [0.05, 0.1) is 11.4 Å². The van der Waals surface area contributed by atoms with Crippen LogP contribution >= 0.6 is 23.1 Å². The molecule has 2 aromatic rings. The molecule has 16 heavy (non-hydrogen) atoms. The van der Waals surface area contributed by atoms with Gasteiger partial charge in [-0.2, -0.15) is 0 Å². The molecule has 0 radical (unpaired) electrons. The third-order valence-corrected chi connectivity index (χ3v) is 3.93. The van der Waals surface area contributed by atoms with Crippen molar-refractivity contribution in [3.8, 4) is 11.3 Å². The van der Waals surface area contributed by atoms with Gasteiger partial charge in [0.2, 0.25) is 5.91 Å². The van der Waals surface area contributed by atoms with E-state index in [2.05, 4.69) is 4.98 Å². The zero-order chi connectivity index (χ0) is 11.4. The van der Waals surface area contributed by atoms with Crippen LogP contribution in [0.25, 0.3) is 11.3 Å². The van der Waals surface area contributed by atoms with Gasteiger partial charge in [-0.25, -0.2) is 4.98 Å². The normalized spacial score (nSPS) is 10.2. The van der Waals surface area contributed by atoms with Crippen molar-refractivity contribution in [3.63, 3.8) is 0 Å². The second-order valence-electron chi connectivity index (χ2n) is 3.12. The third kappa shape index (κ3) is 2.84. The van der Waals surface area contributed by atoms with Crippen LogP contribution in [0.5, 0.6) is 0 Å². The van der Waals surface area contributed by atoms with Gasteiger partial charge in [-0.1, -0.05) is 42.1 Å². The van der Waals surface area contributed by atoms with E-state index in [1.807, 2.05) is 35.7 Å². The van der Waals surface area contributed by atoms with Gasteiger partial charge in [0, 0.05) is 10.9 Å². The number of amides is 1. The highest BCUT2D eigenvalue weighted by Gasteiger charge is 2.05. The number of carbonyl (C=O) groups excluding carboxylic acids is 1. The molecule has 0 aliphatic heterocycles. The van der Waals surface area contributed by atoms with E-state index in [0.717, 1.165) is 15.6 Å². The van der Waals surface area contributed by atoms with Crippen molar-refractivity contribution in [3.05, 3.63) is 35.7 Å². The monoisotopic (exact) mass is 250 g/mol. The largest absolute Gasteiger partial charge is 0.369 e. The lowest BCUT2D eigenvalue weighted by atomic mass is 10.2. The van der Waals surface area contributed by atoms with Crippen LogP contribution < -0.4 is 5.73 Å². The summed E-state index contributed by atoms with van der Waals surface area (Å²) in [4.78, 5) is 15.1. The minimum atomic E-state index is -0.318. The summed E-state index contributed by atoms with van der Waals surface area (Å²) in [5.74, 6) is -0.0386. The maximum Gasteiger partial charge on any atom is 0.227 e. The second kappa shape index (κ2) is 5.14. The fourth-order valence-corrected chi connectivity index (χ4v) is 2.77. The van der Waals surface area contributed by atoms with E-state index in [1.54, 1.807) is 0 Å². The van der Waals surface area contributed by atoms with E-state index >= 15 is 0 Å². The minimum Gasteiger partial charge on any atom is -0.369 e. The lowest BCUT2D eigenvalue weighted by Crippen LogP contribution is -2.12. The van der Waals surface area contributed by atoms with Crippen LogP contribution in [0.3, 0.4) is 0 Å². The lowest BCUT2D eigenvalue weighted by Gasteiger charge is -1.94. The van der Waals surface area contributed by atoms with Gasteiger partial charge >= 0.3 is 0 Å². The predicted molar refractivity (Wildman–Crippen MR) is 67.5 cm³/mol. The van der Waals surface area contributed by atoms with E-state index in [1.165, 1.54) is 23.1 Å². The summed E-state index contributed by atoms with van der Waals surface area (Å²) in [5.41, 5.74) is 7.11. The highest BCUT2D eigenvalue weighted by Crippen LogP contribution is 2.27. The molecule has 5 heteroatoms. The van der Waals surface area contributed by atoms with Crippen LogP contribution in [-0.2, 0) is 4.79 Å². The Morgan fingerprint density at radius 2 is 2.12 bits per heavy atom. The maximum atomic E-state index is 10.6. The minimum absolute atomic E-state index is 0.280. The molecule has 3 nitrogen and oxygen atoms in total. The molecule has 2 rings (SSSR count). The van der Waals surface area contributed by atoms with Crippen LogP contribution in [0.2, 0.25) is 0 Å². The highest BCUT2D eigenvalue weighted by molar-refractivity contribution is 8.01. The number of benzene rings is 1. The first-order chi connectivity index (χ1) is 7.75. The zero-order valence-corrected chi connectivity index (χ0v) is 10.1. The molecule has 0 aliphatic carbocycles. The Hall–Kier alpha value is -1.33. The van der Waals surface area contributed by atoms with E-state index in [9.17, 15) is 4.79 Å². The molecule has 0 aliphatic rings. The van der Waals surface area contributed by atoms with Crippen molar-refractivity contribution in [2.75, 3.05) is 5.75 Å². The molecular weight excluding hydrogens is 240 g/mol. The zero-order valence-electron chi connectivity index (χ0n) is 8.42. The molecular formula is C11H10N2OS2. The van der Waals surface area contributed by atoms with Gasteiger partial charge in [0.1, 0.15) is 0 Å². The fourth-order valence-electron chi connectivity index (χ4n) is 1.20. The lowest BCUT2D eigenvalue weighted by molar-refractivity contribution is -0.115. The quantitative estimate of drug-likeness (QED) is 0.848. The first-order valence-corrected chi connectivity index (χ1v) is 6.54. The number of carbonyl (C=O) groups is 1. The first kappa shape index (κ1) is 11.2. The molecule has 2 N–H and O–H groups in total. The number of hydrogen-bond donors (Lipinski definition) is 1. The van der Waals surface area contributed by atoms with Gasteiger partial charge in [-0.3, -0.25) is 4.79 Å². The summed E-state index contributed by atoms with van der Waals surface area (Å²) in [7, 11) is 0. The number of primary amides is 1. The molecule has 0 saturated carbocycles. The number of rotatable bonds is 4. The van der Waals surface area contributed by atoms with Crippen molar-refractivity contribution in [2.24, 2.45) is 5.73 Å². The Morgan fingerprint density at radius 3 is 2.81 bits per heavy atom. The van der Waals surface area contributed by atoms with Crippen molar-refractivity contribution >= 4 is 29.0 Å². The number of thiazole rings is 1. The standard InChI is InChI=1S/C11H10N2OS2/c12-10(14)7-16-11-13-9(6-15-11)8-4-2-1-3-5-8/h1-6H,7H2,(H2,12,14). The third-order valence-electron chi connectivity index (χ3n) is 1.89. The summed E-state index contributed by atoms with van der Waals surface area (Å²) in [6.07, 6.45) is 0. The molecule has 1 aromatic heterocycles. The molecule has 1 aromatic carbocycles. The van der Waals surface area contributed by atoms with Crippen LogP contribution in [-0.4, -0.2) is 16.6 Å². The Balaban J connectivity index is 2.11. The topological polar surface area (TPSA) is 56.0 Å². The smallest absolute Gasteiger partial charge is 0.227 e. The van der Waals surface area contributed by atoms with Crippen LogP contribution in [0.15, 0.2) is 40.1 Å². The molecule has 0 saturated heterocycles. The number of nitrogens with two attached hydrogens (primary N) is 1. The van der Waals surface area contributed by atoms with Gasteiger partial charge in [0.15, 0.2) is 4.34 Å². The molecule has 82 valence electrons. The van der Waals surface area contributed by atoms with E-state index in [-0.39, 0.29) is 11.7 Å². The van der Waals surface area contributed by atoms with Crippen LogP contribution in [0.4, 0.5) is 0 Å². The summed E-state index contributed by atoms with van der Waals surface area (Å²) in [6.45, 7) is 0. The van der Waals surface area contributed by atoms with Gasteiger partial charge < -0.3 is 5.73 Å². The fraction of sp³-hybridized carbons (Fsp3) is 0.0909. The molecule has 1 amide bonds. The van der Waals surface area contributed by atoms with E-state index in [0.29, 0.717) is 0 Å². The molecule has 0 atom stereocenters. The number of hydrogen-bond acceptors (Lipinski definition) is 4. The summed E-state index contributed by atoms with van der Waals surface area (Å²) < 4.78 is 0.873. The van der Waals surface area contributed by atoms with Gasteiger partial charge in [0.25, 0.3) is 0 Å². The summed E-state index contributed by atoms with van der Waals surface area (Å²) >= 11 is 2.91. The molecule has 0 bridgehead atoms. The summed E-state index contributed by atoms with van der Waals surface area (Å²) in [5, 5.41) is 1.98. The molecule has 1 heterocycles. The number of thioether (sulfide) groups is 1. The Morgan fingerprint density at radius 1 is 1.38 bits per heavy atom. The average molecular weight is 250 g/mol. The predicted octanol–water partition coefficient (Wildman–Crippen LogP) is 2.39. The number of nitrogens with zero attached hydrogens (tertiary/aromatic N) is 1. The van der Waals surface area contributed by atoms with Crippen LogP contribution in [0.1, 0.15) is 0 Å². The van der Waals surface area contributed by atoms with E-state index in [4.69, 9.17) is 5.73 Å². The van der Waals surface area contributed by atoms with Gasteiger partial charge in [-0.15, -0.1) is 11.3 Å². The van der Waals surface area contributed by atoms with Crippen molar-refractivity contribution in [1.82, 2.24) is 4.98 Å². The molecule has 0 fully saturated rings. The maximum absolute atomic E-state index is 10.6. The average Bonchev–Trinajstić information content (AvgIpc) is 2.76. The van der Waals surface area contributed by atoms with Crippen molar-refractivity contribution in [1.29, 1.82) is 0 Å². The summed E-state index contributed by atoms with van der Waals surface area (Å²) in [6, 6.07) is 9.95. The van der Waals surface area contributed by atoms with Crippen LogP contribution in [0, 0.1) is 0 Å². The Bertz CT molecular complexity index is 482. The molecule has 0 unspecified atom stereocenters. The Labute approximate surface area is 102 Å². The second-order valence-corrected chi connectivity index (χ2v) is 5.20. The number of aromatic nitrogens is 1. The molecule has 0 spiro atoms. The van der Waals surface area contributed by atoms with Crippen molar-refractivity contribution in [2.45, 2.75) is 4.34 Å². The van der Waals surface area contributed by atoms with Gasteiger partial charge in [-0.05, 0) is 0 Å². The van der Waals surface area contributed by atoms with E-state index < -0.39 is 0 Å². The van der Waals surface area contributed by atoms with Crippen molar-refractivity contribution < 1.29 is 4.79 Å². The Kier molecular flexibility index (Phi) is 3.58. The SMILES string of the molecule is NC(=O)CSc1nc(-c2ccccc2)cs1. The highest BCUT2D eigenvalue weighted by atomic mass is 32.2. The first-order valence-electron chi connectivity index (χ1n) is 4.68.